The molecule has 12 nitrogen and oxygen atoms in total. The number of aliphatic carboxylic acids is 1. The fourth-order valence-corrected chi connectivity index (χ4v) is 7.75. The summed E-state index contributed by atoms with van der Waals surface area (Å²) in [7, 11) is 0. The van der Waals surface area contributed by atoms with Gasteiger partial charge in [0.15, 0.2) is 15.2 Å². The number of nitrogen functional groups attached to an aromatic ring is 1. The number of aromatic nitrogens is 3. The Balaban J connectivity index is 1.33. The van der Waals surface area contributed by atoms with Crippen molar-refractivity contribution in [2.75, 3.05) is 17.2 Å². The molecule has 0 aromatic carbocycles. The lowest BCUT2D eigenvalue weighted by Crippen LogP contribution is -2.71. The van der Waals surface area contributed by atoms with Crippen LogP contribution in [0.5, 0.6) is 0 Å². The lowest BCUT2D eigenvalue weighted by molar-refractivity contribution is -0.150. The van der Waals surface area contributed by atoms with E-state index in [4.69, 9.17) is 22.2 Å². The van der Waals surface area contributed by atoms with Crippen LogP contribution in [0.1, 0.15) is 18.5 Å². The number of fused-ring (bicyclic) bond motifs is 1. The molecule has 2 aromatic heterocycles. The average Bonchev–Trinajstić information content (AvgIpc) is 3.64. The van der Waals surface area contributed by atoms with Crippen LogP contribution < -0.4 is 11.1 Å². The number of anilines is 1. The molecule has 0 spiro atoms. The van der Waals surface area contributed by atoms with Crippen LogP contribution in [-0.4, -0.2) is 77.7 Å². The number of halogens is 1. The number of β-lactam (4-membered cyclic amide) rings is 1. The number of carbonyl (C=O) groups excluding carboxylic acids is 2. The van der Waals surface area contributed by atoms with Gasteiger partial charge in [0, 0.05) is 11.5 Å². The highest BCUT2D eigenvalue weighted by Crippen LogP contribution is 2.41. The van der Waals surface area contributed by atoms with Crippen LogP contribution in [0.3, 0.4) is 0 Å². The molecule has 5 rings (SSSR count). The van der Waals surface area contributed by atoms with E-state index in [0.29, 0.717) is 27.8 Å². The molecule has 37 heavy (non-hydrogen) atoms. The van der Waals surface area contributed by atoms with Crippen molar-refractivity contribution in [1.82, 2.24) is 25.4 Å². The van der Waals surface area contributed by atoms with E-state index in [1.165, 1.54) is 39.8 Å². The quantitative estimate of drug-likeness (QED) is 0.127. The molecule has 3 aliphatic rings. The zero-order valence-electron chi connectivity index (χ0n) is 18.7. The van der Waals surface area contributed by atoms with Crippen LogP contribution in [0, 0.1) is 0 Å². The number of amides is 2. The van der Waals surface area contributed by atoms with Crippen molar-refractivity contribution in [3.63, 3.8) is 0 Å². The molecule has 3 atom stereocenters. The van der Waals surface area contributed by atoms with Crippen LogP contribution in [-0.2, 0) is 19.2 Å². The molecule has 0 saturated carbocycles. The van der Waals surface area contributed by atoms with E-state index < -0.39 is 29.2 Å². The topological polar surface area (TPSA) is 173 Å². The summed E-state index contributed by atoms with van der Waals surface area (Å²) in [5.41, 5.74) is 7.69. The number of carboxylic acid groups (broad SMARTS) is 1. The van der Waals surface area contributed by atoms with E-state index in [9.17, 15) is 19.5 Å². The minimum absolute atomic E-state index is 0.0469. The Kier molecular flexibility index (Phi) is 7.71. The SMILES string of the molecule is Nc1nc(C(=NOC2C=CCC2)C(=O)NC2C(=O)N3C(C(=O)O)=C(CSc4nncs4)CS[C@@H]23)c(Cl)s1. The second-order valence-electron chi connectivity index (χ2n) is 7.88. The normalized spacial score (nSPS) is 23.2. The Morgan fingerprint density at radius 2 is 2.27 bits per heavy atom. The minimum atomic E-state index is -1.21. The van der Waals surface area contributed by atoms with Gasteiger partial charge in [0.05, 0.1) is 0 Å². The van der Waals surface area contributed by atoms with Crippen molar-refractivity contribution in [2.45, 2.75) is 34.7 Å². The fraction of sp³-hybridized carbons (Fsp3) is 0.350. The number of carbonyl (C=O) groups is 3. The average molecular weight is 600 g/mol. The van der Waals surface area contributed by atoms with Crippen molar-refractivity contribution in [3.8, 4) is 0 Å². The molecule has 0 bridgehead atoms. The summed E-state index contributed by atoms with van der Waals surface area (Å²) in [4.78, 5) is 49.2. The van der Waals surface area contributed by atoms with Crippen LogP contribution in [0.15, 0.2) is 38.4 Å². The van der Waals surface area contributed by atoms with Crippen molar-refractivity contribution in [1.29, 1.82) is 0 Å². The summed E-state index contributed by atoms with van der Waals surface area (Å²) < 4.78 is 0.854. The number of nitrogens with two attached hydrogens (primary N) is 1. The summed E-state index contributed by atoms with van der Waals surface area (Å²) in [6.07, 6.45) is 5.03. The number of thioether (sulfide) groups is 2. The predicted molar refractivity (Wildman–Crippen MR) is 142 cm³/mol. The third-order valence-electron chi connectivity index (χ3n) is 5.54. The molecule has 4 N–H and O–H groups in total. The van der Waals surface area contributed by atoms with Gasteiger partial charge in [-0.2, -0.15) is 0 Å². The third-order valence-corrected chi connectivity index (χ3v) is 9.91. The van der Waals surface area contributed by atoms with E-state index in [1.807, 2.05) is 12.2 Å². The van der Waals surface area contributed by atoms with E-state index in [1.54, 1.807) is 5.51 Å². The van der Waals surface area contributed by atoms with Crippen LogP contribution in [0.2, 0.25) is 4.34 Å². The Labute approximate surface area is 231 Å². The maximum atomic E-state index is 13.2. The van der Waals surface area contributed by atoms with Gasteiger partial charge in [0.25, 0.3) is 11.8 Å². The van der Waals surface area contributed by atoms with E-state index in [-0.39, 0.29) is 32.7 Å². The molecule has 2 aliphatic heterocycles. The second-order valence-corrected chi connectivity index (χ2v) is 12.7. The summed E-state index contributed by atoms with van der Waals surface area (Å²) in [5.74, 6) is -1.75. The van der Waals surface area contributed by atoms with Crippen LogP contribution >= 0.6 is 57.8 Å². The van der Waals surface area contributed by atoms with E-state index in [0.717, 1.165) is 17.8 Å². The number of hydrogen-bond donors (Lipinski definition) is 3. The fourth-order valence-electron chi connectivity index (χ4n) is 3.85. The van der Waals surface area contributed by atoms with Gasteiger partial charge in [-0.3, -0.25) is 14.5 Å². The first-order chi connectivity index (χ1) is 17.8. The number of nitrogens with zero attached hydrogens (tertiary/aromatic N) is 5. The number of carboxylic acids is 1. The highest BCUT2D eigenvalue weighted by Gasteiger charge is 2.54. The first-order valence-corrected chi connectivity index (χ1v) is 14.9. The zero-order valence-corrected chi connectivity index (χ0v) is 22.7. The summed E-state index contributed by atoms with van der Waals surface area (Å²) in [6, 6.07) is -0.962. The molecular weight excluding hydrogens is 582 g/mol. The Bertz CT molecular complexity index is 1330. The van der Waals surface area contributed by atoms with Crippen molar-refractivity contribution >= 4 is 86.4 Å². The van der Waals surface area contributed by atoms with Gasteiger partial charge in [-0.05, 0) is 24.5 Å². The van der Waals surface area contributed by atoms with Gasteiger partial charge >= 0.3 is 5.97 Å². The standard InChI is InChI=1S/C20H18ClN7O5S4/c21-14-10(25-19(22)37-14)11(27-33-9-3-1-2-4-9)15(29)24-12-16(30)28-13(18(31)32)8(5-34-17(12)28)6-35-20-26-23-7-36-20/h1,3,7,9,12,17H,2,4-6H2,(H2,22,25)(H,24,29)(H,31,32)/t9?,12?,17-/m0/s1. The van der Waals surface area contributed by atoms with Gasteiger partial charge < -0.3 is 21.0 Å². The Morgan fingerprint density at radius 3 is 2.92 bits per heavy atom. The van der Waals surface area contributed by atoms with Crippen LogP contribution in [0.4, 0.5) is 5.13 Å². The third kappa shape index (κ3) is 5.34. The largest absolute Gasteiger partial charge is 0.477 e. The minimum Gasteiger partial charge on any atom is -0.477 e. The smallest absolute Gasteiger partial charge is 0.352 e. The number of hydrogen-bond acceptors (Lipinski definition) is 13. The van der Waals surface area contributed by atoms with E-state index in [2.05, 4.69) is 25.7 Å². The van der Waals surface area contributed by atoms with E-state index >= 15 is 0 Å². The van der Waals surface area contributed by atoms with Gasteiger partial charge in [0.1, 0.15) is 38.8 Å². The molecule has 2 amide bonds. The highest BCUT2D eigenvalue weighted by molar-refractivity contribution is 8.01. The molecule has 194 valence electrons. The molecule has 2 unspecified atom stereocenters. The molecular formula is C20H18ClN7O5S4. The number of nitrogens with one attached hydrogen (secondary N) is 1. The molecule has 0 radical (unpaired) electrons. The molecule has 1 fully saturated rings. The Hall–Kier alpha value is -2.66. The lowest BCUT2D eigenvalue weighted by atomic mass is 10.0. The maximum Gasteiger partial charge on any atom is 0.352 e. The highest BCUT2D eigenvalue weighted by atomic mass is 35.5. The van der Waals surface area contributed by atoms with Gasteiger partial charge in [-0.25, -0.2) is 9.78 Å². The lowest BCUT2D eigenvalue weighted by Gasteiger charge is -2.49. The van der Waals surface area contributed by atoms with Gasteiger partial charge in [-0.1, -0.05) is 57.3 Å². The molecule has 2 aromatic rings. The number of allylic oxidation sites excluding steroid dienone is 1. The first kappa shape index (κ1) is 26.0. The van der Waals surface area contributed by atoms with Crippen molar-refractivity contribution in [3.05, 3.63) is 39.0 Å². The zero-order chi connectivity index (χ0) is 26.1. The van der Waals surface area contributed by atoms with Gasteiger partial charge in [0.2, 0.25) is 0 Å². The number of oxime groups is 1. The Morgan fingerprint density at radius 1 is 1.43 bits per heavy atom. The molecule has 4 heterocycles. The predicted octanol–water partition coefficient (Wildman–Crippen LogP) is 2.20. The molecule has 1 aliphatic carbocycles. The van der Waals surface area contributed by atoms with Crippen LogP contribution in [0.25, 0.3) is 0 Å². The van der Waals surface area contributed by atoms with Crippen molar-refractivity contribution < 1.29 is 24.3 Å². The molecule has 1 saturated heterocycles. The van der Waals surface area contributed by atoms with Crippen molar-refractivity contribution in [2.24, 2.45) is 5.16 Å². The monoisotopic (exact) mass is 599 g/mol. The summed E-state index contributed by atoms with van der Waals surface area (Å²) in [5, 5.41) is 23.8. The van der Waals surface area contributed by atoms with Gasteiger partial charge in [-0.15, -0.1) is 22.0 Å². The first-order valence-electron chi connectivity index (χ1n) is 10.8. The maximum absolute atomic E-state index is 13.2. The summed E-state index contributed by atoms with van der Waals surface area (Å²) in [6.45, 7) is 0. The molecule has 17 heteroatoms. The number of rotatable bonds is 9. The second kappa shape index (κ2) is 11.0. The summed E-state index contributed by atoms with van der Waals surface area (Å²) >= 11 is 11.3. The number of thiazole rings is 1.